The average Bonchev–Trinajstić information content (AvgIpc) is 2.14. The Balaban J connectivity index is 2.90. The Labute approximate surface area is 97.3 Å². The molecule has 0 radical (unpaired) electrons. The van der Waals surface area contributed by atoms with Gasteiger partial charge < -0.3 is 10.6 Å². The minimum absolute atomic E-state index is 0.184. The fourth-order valence-corrected chi connectivity index (χ4v) is 1.77. The highest BCUT2D eigenvalue weighted by atomic mass is 19.1. The summed E-state index contributed by atoms with van der Waals surface area (Å²) in [5, 5.41) is 0. The van der Waals surface area contributed by atoms with Crippen molar-refractivity contribution in [2.45, 2.75) is 27.3 Å². The lowest BCUT2D eigenvalue weighted by Crippen LogP contribution is -2.29. The molecule has 0 amide bonds. The fourth-order valence-electron chi connectivity index (χ4n) is 1.77. The largest absolute Gasteiger partial charge is 0.374 e. The van der Waals surface area contributed by atoms with Crippen molar-refractivity contribution in [2.24, 2.45) is 11.1 Å². The van der Waals surface area contributed by atoms with E-state index < -0.39 is 0 Å². The third-order valence-corrected chi connectivity index (χ3v) is 2.33. The van der Waals surface area contributed by atoms with E-state index in [1.807, 2.05) is 13.1 Å². The second-order valence-corrected chi connectivity index (χ2v) is 5.44. The number of hydrogen-bond acceptors (Lipinski definition) is 2. The summed E-state index contributed by atoms with van der Waals surface area (Å²) in [6.45, 7) is 7.72. The number of nitrogens with zero attached hydrogens (tertiary/aromatic N) is 1. The van der Waals surface area contributed by atoms with Gasteiger partial charge in [-0.2, -0.15) is 0 Å². The minimum Gasteiger partial charge on any atom is -0.374 e. The van der Waals surface area contributed by atoms with E-state index in [-0.39, 0.29) is 11.2 Å². The number of halogens is 1. The summed E-state index contributed by atoms with van der Waals surface area (Å²) < 4.78 is 13.3. The van der Waals surface area contributed by atoms with E-state index in [9.17, 15) is 4.39 Å². The van der Waals surface area contributed by atoms with E-state index in [4.69, 9.17) is 5.73 Å². The molecule has 2 N–H and O–H groups in total. The molecule has 0 fully saturated rings. The maximum Gasteiger partial charge on any atom is 0.125 e. The Morgan fingerprint density at radius 3 is 2.38 bits per heavy atom. The predicted octanol–water partition coefficient (Wildman–Crippen LogP) is 2.77. The molecular weight excluding hydrogens is 203 g/mol. The summed E-state index contributed by atoms with van der Waals surface area (Å²) in [6.07, 6.45) is 0. The first-order valence-electron chi connectivity index (χ1n) is 5.52. The zero-order valence-electron chi connectivity index (χ0n) is 10.5. The van der Waals surface area contributed by atoms with Crippen molar-refractivity contribution in [3.8, 4) is 0 Å². The first-order valence-corrected chi connectivity index (χ1v) is 5.52. The van der Waals surface area contributed by atoms with Crippen LogP contribution in [0.1, 0.15) is 26.3 Å². The number of anilines is 1. The van der Waals surface area contributed by atoms with Crippen LogP contribution in [0, 0.1) is 11.2 Å². The third kappa shape index (κ3) is 3.81. The third-order valence-electron chi connectivity index (χ3n) is 2.33. The van der Waals surface area contributed by atoms with Crippen molar-refractivity contribution < 1.29 is 4.39 Å². The standard InChI is InChI=1S/C13H21FN2/c1-13(2,3)9-16(4)12-6-10(8-15)5-11(14)7-12/h5-7H,8-9,15H2,1-4H3. The van der Waals surface area contributed by atoms with Gasteiger partial charge in [-0.05, 0) is 29.2 Å². The SMILES string of the molecule is CN(CC(C)(C)C)c1cc(F)cc(CN)c1. The van der Waals surface area contributed by atoms with E-state index in [2.05, 4.69) is 25.7 Å². The van der Waals surface area contributed by atoms with Gasteiger partial charge in [0, 0.05) is 25.8 Å². The van der Waals surface area contributed by atoms with Crippen molar-refractivity contribution in [1.29, 1.82) is 0 Å². The van der Waals surface area contributed by atoms with Gasteiger partial charge in [-0.3, -0.25) is 0 Å². The van der Waals surface area contributed by atoms with E-state index in [0.717, 1.165) is 17.8 Å². The zero-order chi connectivity index (χ0) is 12.3. The van der Waals surface area contributed by atoms with Gasteiger partial charge in [0.2, 0.25) is 0 Å². The van der Waals surface area contributed by atoms with Crippen molar-refractivity contribution in [1.82, 2.24) is 0 Å². The Morgan fingerprint density at radius 1 is 1.25 bits per heavy atom. The van der Waals surface area contributed by atoms with Crippen LogP contribution in [0.25, 0.3) is 0 Å². The maximum atomic E-state index is 13.3. The molecule has 1 aromatic rings. The van der Waals surface area contributed by atoms with Gasteiger partial charge in [-0.1, -0.05) is 20.8 Å². The molecule has 0 bridgehead atoms. The first kappa shape index (κ1) is 13.0. The van der Waals surface area contributed by atoms with Crippen LogP contribution in [0.5, 0.6) is 0 Å². The van der Waals surface area contributed by atoms with Crippen LogP contribution in [0.4, 0.5) is 10.1 Å². The van der Waals surface area contributed by atoms with Gasteiger partial charge in [0.1, 0.15) is 5.82 Å². The topological polar surface area (TPSA) is 29.3 Å². The molecule has 1 rings (SSSR count). The fraction of sp³-hybridized carbons (Fsp3) is 0.538. The number of nitrogens with two attached hydrogens (primary N) is 1. The molecule has 0 unspecified atom stereocenters. The molecule has 0 aliphatic heterocycles. The Morgan fingerprint density at radius 2 is 1.88 bits per heavy atom. The molecule has 0 saturated heterocycles. The molecule has 90 valence electrons. The smallest absolute Gasteiger partial charge is 0.125 e. The second-order valence-electron chi connectivity index (χ2n) is 5.44. The van der Waals surface area contributed by atoms with Gasteiger partial charge in [0.05, 0.1) is 0 Å². The molecule has 0 heterocycles. The Bertz CT molecular complexity index is 355. The number of benzene rings is 1. The van der Waals surface area contributed by atoms with Crippen LogP contribution in [0.15, 0.2) is 18.2 Å². The highest BCUT2D eigenvalue weighted by Gasteiger charge is 2.14. The lowest BCUT2D eigenvalue weighted by Gasteiger charge is -2.28. The molecule has 0 aliphatic carbocycles. The number of rotatable bonds is 3. The van der Waals surface area contributed by atoms with E-state index in [0.29, 0.717) is 6.54 Å². The molecule has 1 aromatic carbocycles. The normalized spacial score (nSPS) is 11.6. The van der Waals surface area contributed by atoms with Gasteiger partial charge in [0.25, 0.3) is 0 Å². The predicted molar refractivity (Wildman–Crippen MR) is 67.0 cm³/mol. The molecule has 0 aromatic heterocycles. The lowest BCUT2D eigenvalue weighted by atomic mass is 9.96. The molecule has 2 nitrogen and oxygen atoms in total. The van der Waals surface area contributed by atoms with Crippen molar-refractivity contribution >= 4 is 5.69 Å². The van der Waals surface area contributed by atoms with Crippen molar-refractivity contribution in [3.05, 3.63) is 29.6 Å². The summed E-state index contributed by atoms with van der Waals surface area (Å²) in [5.74, 6) is -0.223. The molecule has 0 aliphatic rings. The molecule has 16 heavy (non-hydrogen) atoms. The quantitative estimate of drug-likeness (QED) is 0.855. The number of hydrogen-bond donors (Lipinski definition) is 1. The lowest BCUT2D eigenvalue weighted by molar-refractivity contribution is 0.418. The van der Waals surface area contributed by atoms with Gasteiger partial charge in [-0.15, -0.1) is 0 Å². The van der Waals surface area contributed by atoms with Crippen LogP contribution < -0.4 is 10.6 Å². The van der Waals surface area contributed by atoms with Gasteiger partial charge in [-0.25, -0.2) is 4.39 Å². The minimum atomic E-state index is -0.223. The van der Waals surface area contributed by atoms with Crippen molar-refractivity contribution in [3.63, 3.8) is 0 Å². The Hall–Kier alpha value is -1.09. The van der Waals surface area contributed by atoms with E-state index in [1.165, 1.54) is 6.07 Å². The first-order chi connectivity index (χ1) is 7.31. The summed E-state index contributed by atoms with van der Waals surface area (Å²) in [5.41, 5.74) is 7.43. The van der Waals surface area contributed by atoms with Gasteiger partial charge in [0.15, 0.2) is 0 Å². The van der Waals surface area contributed by atoms with Crippen LogP contribution in [0.3, 0.4) is 0 Å². The molecule has 0 saturated carbocycles. The summed E-state index contributed by atoms with van der Waals surface area (Å²) in [4.78, 5) is 2.06. The Kier molecular flexibility index (Phi) is 3.92. The molecular formula is C13H21FN2. The monoisotopic (exact) mass is 224 g/mol. The van der Waals surface area contributed by atoms with E-state index >= 15 is 0 Å². The molecule has 0 spiro atoms. The summed E-state index contributed by atoms with van der Waals surface area (Å²) in [7, 11) is 1.97. The van der Waals surface area contributed by atoms with Gasteiger partial charge >= 0.3 is 0 Å². The van der Waals surface area contributed by atoms with Crippen LogP contribution in [-0.2, 0) is 6.54 Å². The van der Waals surface area contributed by atoms with Crippen LogP contribution >= 0.6 is 0 Å². The molecule has 3 heteroatoms. The van der Waals surface area contributed by atoms with Crippen LogP contribution in [-0.4, -0.2) is 13.6 Å². The highest BCUT2D eigenvalue weighted by Crippen LogP contribution is 2.22. The average molecular weight is 224 g/mol. The van der Waals surface area contributed by atoms with Crippen LogP contribution in [0.2, 0.25) is 0 Å². The molecule has 0 atom stereocenters. The maximum absolute atomic E-state index is 13.3. The summed E-state index contributed by atoms with van der Waals surface area (Å²) in [6, 6.07) is 4.97. The zero-order valence-corrected chi connectivity index (χ0v) is 10.5. The van der Waals surface area contributed by atoms with E-state index in [1.54, 1.807) is 6.07 Å². The second kappa shape index (κ2) is 4.83. The van der Waals surface area contributed by atoms with Crippen molar-refractivity contribution in [2.75, 3.05) is 18.5 Å². The summed E-state index contributed by atoms with van der Waals surface area (Å²) >= 11 is 0. The highest BCUT2D eigenvalue weighted by molar-refractivity contribution is 5.48.